The zero-order valence-electron chi connectivity index (χ0n) is 12.9. The van der Waals surface area contributed by atoms with E-state index < -0.39 is 5.66 Å². The molecule has 2 heterocycles. The molecule has 0 saturated heterocycles. The van der Waals surface area contributed by atoms with Gasteiger partial charge >= 0.3 is 0 Å². The number of thiazole rings is 1. The molecule has 6 heteroatoms. The van der Waals surface area contributed by atoms with Crippen molar-refractivity contribution in [2.75, 3.05) is 6.61 Å². The first-order valence-electron chi connectivity index (χ1n) is 7.58. The van der Waals surface area contributed by atoms with Crippen LogP contribution in [0, 0.1) is 0 Å². The number of aliphatic imine (C=N–C) groups is 2. The van der Waals surface area contributed by atoms with Crippen LogP contribution in [0.5, 0.6) is 0 Å². The maximum absolute atomic E-state index is 9.01. The molecule has 2 aromatic rings. The minimum atomic E-state index is -0.610. The summed E-state index contributed by atoms with van der Waals surface area (Å²) in [6.07, 6.45) is 6.05. The number of nitrogens with zero attached hydrogens (tertiary/aromatic N) is 3. The molecule has 0 saturated carbocycles. The lowest BCUT2D eigenvalue weighted by atomic mass is 10.1. The Bertz CT molecular complexity index is 725. The van der Waals surface area contributed by atoms with Gasteiger partial charge in [-0.05, 0) is 38.3 Å². The molecule has 0 spiro atoms. The maximum atomic E-state index is 9.01. The van der Waals surface area contributed by atoms with Gasteiger partial charge in [-0.15, -0.1) is 11.3 Å². The van der Waals surface area contributed by atoms with Crippen molar-refractivity contribution in [2.45, 2.75) is 31.8 Å². The van der Waals surface area contributed by atoms with Crippen molar-refractivity contribution in [3.05, 3.63) is 39.2 Å². The third kappa shape index (κ3) is 3.52. The van der Waals surface area contributed by atoms with Crippen molar-refractivity contribution >= 4 is 35.4 Å². The van der Waals surface area contributed by atoms with Gasteiger partial charge in [0.05, 0.1) is 5.69 Å². The summed E-state index contributed by atoms with van der Waals surface area (Å²) in [5.41, 5.74) is 1.41. The molecule has 0 amide bonds. The van der Waals surface area contributed by atoms with Gasteiger partial charge in [0.1, 0.15) is 5.01 Å². The van der Waals surface area contributed by atoms with E-state index >= 15 is 0 Å². The van der Waals surface area contributed by atoms with Crippen LogP contribution < -0.4 is 0 Å². The quantitative estimate of drug-likeness (QED) is 0.799. The van der Waals surface area contributed by atoms with Crippen LogP contribution in [0.25, 0.3) is 11.3 Å². The molecule has 1 aliphatic rings. The van der Waals surface area contributed by atoms with Crippen LogP contribution in [-0.4, -0.2) is 29.1 Å². The number of aryl methyl sites for hydroxylation is 1. The highest BCUT2D eigenvalue weighted by Gasteiger charge is 2.31. The Hall–Kier alpha value is -1.56. The van der Waals surface area contributed by atoms with Crippen molar-refractivity contribution in [1.29, 1.82) is 0 Å². The Morgan fingerprint density at radius 2 is 1.83 bits per heavy atom. The maximum Gasteiger partial charge on any atom is 0.198 e. The molecule has 3 rings (SSSR count). The molecule has 1 aromatic carbocycles. The summed E-state index contributed by atoms with van der Waals surface area (Å²) < 4.78 is 0. The first-order chi connectivity index (χ1) is 11.1. The third-order valence-electron chi connectivity index (χ3n) is 3.75. The van der Waals surface area contributed by atoms with E-state index in [0.29, 0.717) is 5.02 Å². The molecule has 1 N–H and O–H groups in total. The van der Waals surface area contributed by atoms with Crippen molar-refractivity contribution in [1.82, 2.24) is 4.98 Å². The van der Waals surface area contributed by atoms with Crippen molar-refractivity contribution in [3.8, 4) is 11.3 Å². The van der Waals surface area contributed by atoms with Crippen molar-refractivity contribution in [2.24, 2.45) is 9.98 Å². The normalized spacial score (nSPS) is 15.4. The highest BCUT2D eigenvalue weighted by molar-refractivity contribution is 7.12. The van der Waals surface area contributed by atoms with Gasteiger partial charge in [0.15, 0.2) is 5.66 Å². The second-order valence-electron chi connectivity index (χ2n) is 5.56. The summed E-state index contributed by atoms with van der Waals surface area (Å²) in [5.74, 6) is 0. The average Bonchev–Trinajstić information content (AvgIpc) is 3.16. The molecular formula is C17H18ClN3OS. The van der Waals surface area contributed by atoms with Gasteiger partial charge < -0.3 is 5.11 Å². The first-order valence-corrected chi connectivity index (χ1v) is 8.78. The molecule has 0 radical (unpaired) electrons. The predicted molar refractivity (Wildman–Crippen MR) is 96.9 cm³/mol. The highest BCUT2D eigenvalue weighted by atomic mass is 35.5. The van der Waals surface area contributed by atoms with Gasteiger partial charge in [0.25, 0.3) is 0 Å². The van der Waals surface area contributed by atoms with E-state index in [1.54, 1.807) is 23.8 Å². The summed E-state index contributed by atoms with van der Waals surface area (Å²) in [6.45, 7) is 2.18. The molecular weight excluding hydrogens is 330 g/mol. The number of hydrogen-bond donors (Lipinski definition) is 1. The number of aromatic nitrogens is 1. The first kappa shape index (κ1) is 16.3. The SMILES string of the molecule is CC1(c2nc(-c3ccc(Cl)cc3)c(CCCCO)s2)N=CC=N1. The Kier molecular flexibility index (Phi) is 4.90. The summed E-state index contributed by atoms with van der Waals surface area (Å²) >= 11 is 7.64. The Morgan fingerprint density at radius 1 is 1.13 bits per heavy atom. The van der Waals surface area contributed by atoms with Crippen LogP contribution in [0.15, 0.2) is 34.3 Å². The van der Waals surface area contributed by atoms with Gasteiger partial charge in [-0.1, -0.05) is 23.7 Å². The van der Waals surface area contributed by atoms with Crippen molar-refractivity contribution in [3.63, 3.8) is 0 Å². The van der Waals surface area contributed by atoms with E-state index in [2.05, 4.69) is 9.98 Å². The highest BCUT2D eigenvalue weighted by Crippen LogP contribution is 2.38. The lowest BCUT2D eigenvalue weighted by molar-refractivity contribution is 0.285. The summed E-state index contributed by atoms with van der Waals surface area (Å²) in [6, 6.07) is 7.72. The topological polar surface area (TPSA) is 57.8 Å². The number of hydrogen-bond acceptors (Lipinski definition) is 5. The van der Waals surface area contributed by atoms with E-state index in [1.807, 2.05) is 31.2 Å². The molecule has 0 bridgehead atoms. The van der Waals surface area contributed by atoms with E-state index in [0.717, 1.165) is 35.5 Å². The molecule has 0 unspecified atom stereocenters. The second-order valence-corrected chi connectivity index (χ2v) is 7.08. The van der Waals surface area contributed by atoms with Gasteiger partial charge in [0.2, 0.25) is 0 Å². The fraction of sp³-hybridized carbons (Fsp3) is 0.353. The number of unbranched alkanes of at least 4 members (excludes halogenated alkanes) is 1. The standard InChI is InChI=1S/C17H18ClN3OS/c1-17(19-9-10-20-17)16-21-15(12-5-7-13(18)8-6-12)14(23-16)4-2-3-11-22/h5-10,22H,2-4,11H2,1H3. The molecule has 23 heavy (non-hydrogen) atoms. The number of benzene rings is 1. The minimum absolute atomic E-state index is 0.217. The van der Waals surface area contributed by atoms with Crippen LogP contribution in [0.1, 0.15) is 29.7 Å². The Balaban J connectivity index is 1.98. The van der Waals surface area contributed by atoms with E-state index in [-0.39, 0.29) is 6.61 Å². The van der Waals surface area contributed by atoms with Crippen LogP contribution in [0.2, 0.25) is 5.02 Å². The zero-order chi connectivity index (χ0) is 16.3. The smallest absolute Gasteiger partial charge is 0.198 e. The molecule has 120 valence electrons. The molecule has 1 aliphatic heterocycles. The van der Waals surface area contributed by atoms with Crippen LogP contribution in [-0.2, 0) is 12.1 Å². The molecule has 0 aliphatic carbocycles. The van der Waals surface area contributed by atoms with E-state index in [1.165, 1.54) is 4.88 Å². The monoisotopic (exact) mass is 347 g/mol. The fourth-order valence-corrected chi connectivity index (χ4v) is 3.76. The lowest BCUT2D eigenvalue weighted by Gasteiger charge is -2.13. The van der Waals surface area contributed by atoms with Gasteiger partial charge in [-0.3, -0.25) is 9.98 Å². The van der Waals surface area contributed by atoms with Gasteiger partial charge in [-0.2, -0.15) is 0 Å². The number of halogens is 1. The van der Waals surface area contributed by atoms with Gasteiger partial charge in [-0.25, -0.2) is 4.98 Å². The number of aliphatic hydroxyl groups is 1. The number of rotatable bonds is 6. The minimum Gasteiger partial charge on any atom is -0.396 e. The zero-order valence-corrected chi connectivity index (χ0v) is 14.4. The summed E-state index contributed by atoms with van der Waals surface area (Å²) in [4.78, 5) is 14.9. The Morgan fingerprint density at radius 3 is 2.48 bits per heavy atom. The number of aliphatic hydroxyl groups excluding tert-OH is 1. The predicted octanol–water partition coefficient (Wildman–Crippen LogP) is 4.11. The van der Waals surface area contributed by atoms with Gasteiger partial charge in [0, 0.05) is 34.5 Å². The van der Waals surface area contributed by atoms with Crippen LogP contribution in [0.4, 0.5) is 0 Å². The van der Waals surface area contributed by atoms with Crippen LogP contribution >= 0.6 is 22.9 Å². The summed E-state index contributed by atoms with van der Waals surface area (Å²) in [7, 11) is 0. The van der Waals surface area contributed by atoms with E-state index in [9.17, 15) is 0 Å². The average molecular weight is 348 g/mol. The van der Waals surface area contributed by atoms with Crippen molar-refractivity contribution < 1.29 is 5.11 Å². The molecule has 0 atom stereocenters. The van der Waals surface area contributed by atoms with Crippen LogP contribution in [0.3, 0.4) is 0 Å². The molecule has 4 nitrogen and oxygen atoms in total. The largest absolute Gasteiger partial charge is 0.396 e. The lowest BCUT2D eigenvalue weighted by Crippen LogP contribution is -2.12. The third-order valence-corrected chi connectivity index (χ3v) is 5.32. The molecule has 0 fully saturated rings. The fourth-order valence-electron chi connectivity index (χ4n) is 2.46. The Labute approximate surface area is 144 Å². The second kappa shape index (κ2) is 6.91. The van der Waals surface area contributed by atoms with E-state index in [4.69, 9.17) is 21.7 Å². The molecule has 1 aromatic heterocycles. The summed E-state index contributed by atoms with van der Waals surface area (Å²) in [5, 5.41) is 10.6.